The Labute approximate surface area is 183 Å². The Bertz CT molecular complexity index is 894. The smallest absolute Gasteiger partial charge is 0.340 e. The quantitative estimate of drug-likeness (QED) is 0.574. The van der Waals surface area contributed by atoms with Gasteiger partial charge in [-0.05, 0) is 36.8 Å². The van der Waals surface area contributed by atoms with E-state index >= 15 is 0 Å². The van der Waals surface area contributed by atoms with Crippen molar-refractivity contribution in [3.63, 3.8) is 0 Å². The summed E-state index contributed by atoms with van der Waals surface area (Å²) in [7, 11) is 0. The second kappa shape index (κ2) is 10.1. The second-order valence-corrected chi connectivity index (χ2v) is 7.67. The van der Waals surface area contributed by atoms with Gasteiger partial charge < -0.3 is 19.7 Å². The number of carbonyl (C=O) groups excluding carboxylic acids is 1. The number of nitrogens with one attached hydrogen (secondary N) is 1. The Balaban J connectivity index is 1.50. The first-order valence-corrected chi connectivity index (χ1v) is 10.2. The highest BCUT2D eigenvalue weighted by atomic mass is 19.3. The molecule has 1 amide bonds. The molecule has 3 rings (SSSR count). The molecule has 0 spiro atoms. The lowest BCUT2D eigenvalue weighted by Crippen LogP contribution is -2.33. The number of alkyl halides is 4. The standard InChI is InChI=1S/C22H25F4N3O3/c1-14(28-15(2)30)16-3-5-17(6-4-16)32-19-9-10-29(12-19)20-8-7-18(11-27-20)31-13-22(25,26)21(23)24/h3-8,11,14,19,21H,9-10,12-13H2,1-2H3,(H,28,30)/t14?,19-/m1/s1. The fourth-order valence-corrected chi connectivity index (χ4v) is 3.34. The van der Waals surface area contributed by atoms with Crippen LogP contribution in [-0.4, -0.2) is 49.0 Å². The molecular formula is C22H25F4N3O3. The summed E-state index contributed by atoms with van der Waals surface area (Å²) in [6.45, 7) is 3.24. The molecule has 32 heavy (non-hydrogen) atoms. The maximum absolute atomic E-state index is 13.0. The second-order valence-electron chi connectivity index (χ2n) is 7.67. The Morgan fingerprint density at radius 1 is 1.22 bits per heavy atom. The van der Waals surface area contributed by atoms with Crippen LogP contribution in [0.3, 0.4) is 0 Å². The summed E-state index contributed by atoms with van der Waals surface area (Å²) in [5.74, 6) is -2.98. The minimum absolute atomic E-state index is 0.00495. The molecule has 2 atom stereocenters. The van der Waals surface area contributed by atoms with Gasteiger partial charge in [-0.15, -0.1) is 0 Å². The van der Waals surface area contributed by atoms with E-state index in [1.807, 2.05) is 36.1 Å². The highest BCUT2D eigenvalue weighted by Gasteiger charge is 2.41. The molecule has 1 N–H and O–H groups in total. The van der Waals surface area contributed by atoms with Crippen molar-refractivity contribution in [3.8, 4) is 11.5 Å². The number of ether oxygens (including phenoxy) is 2. The first-order chi connectivity index (χ1) is 15.1. The number of hydrogen-bond acceptors (Lipinski definition) is 5. The van der Waals surface area contributed by atoms with Gasteiger partial charge in [0.1, 0.15) is 23.4 Å². The number of anilines is 1. The van der Waals surface area contributed by atoms with Crippen LogP contribution in [0.4, 0.5) is 23.4 Å². The molecule has 2 heterocycles. The predicted molar refractivity (Wildman–Crippen MR) is 111 cm³/mol. The van der Waals surface area contributed by atoms with Crippen molar-refractivity contribution >= 4 is 11.7 Å². The van der Waals surface area contributed by atoms with E-state index in [1.165, 1.54) is 19.2 Å². The highest BCUT2D eigenvalue weighted by molar-refractivity contribution is 5.73. The fraction of sp³-hybridized carbons (Fsp3) is 0.455. The van der Waals surface area contributed by atoms with Gasteiger partial charge in [0.25, 0.3) is 0 Å². The van der Waals surface area contributed by atoms with E-state index in [-0.39, 0.29) is 23.8 Å². The molecular weight excluding hydrogens is 430 g/mol. The van der Waals surface area contributed by atoms with E-state index in [0.29, 0.717) is 24.7 Å². The van der Waals surface area contributed by atoms with Crippen molar-refractivity contribution in [1.29, 1.82) is 0 Å². The summed E-state index contributed by atoms with van der Waals surface area (Å²) in [5, 5.41) is 2.83. The molecule has 6 nitrogen and oxygen atoms in total. The molecule has 0 aliphatic carbocycles. The van der Waals surface area contributed by atoms with Crippen LogP contribution >= 0.6 is 0 Å². The lowest BCUT2D eigenvalue weighted by molar-refractivity contribution is -0.148. The summed E-state index contributed by atoms with van der Waals surface area (Å²) in [6, 6.07) is 10.4. The van der Waals surface area contributed by atoms with Crippen molar-refractivity contribution in [3.05, 3.63) is 48.2 Å². The zero-order chi connectivity index (χ0) is 23.3. The zero-order valence-electron chi connectivity index (χ0n) is 17.7. The number of pyridine rings is 1. The Morgan fingerprint density at radius 2 is 1.91 bits per heavy atom. The number of rotatable bonds is 9. The van der Waals surface area contributed by atoms with Crippen molar-refractivity contribution < 1.29 is 31.8 Å². The highest BCUT2D eigenvalue weighted by Crippen LogP contribution is 2.27. The lowest BCUT2D eigenvalue weighted by atomic mass is 10.1. The molecule has 1 aliphatic heterocycles. The molecule has 1 aliphatic rings. The minimum atomic E-state index is -4.21. The summed E-state index contributed by atoms with van der Waals surface area (Å²) in [5.41, 5.74) is 0.971. The summed E-state index contributed by atoms with van der Waals surface area (Å²) >= 11 is 0. The third-order valence-electron chi connectivity index (χ3n) is 5.04. The number of hydrogen-bond donors (Lipinski definition) is 1. The number of nitrogens with zero attached hydrogens (tertiary/aromatic N) is 2. The van der Waals surface area contributed by atoms with Gasteiger partial charge in [0.05, 0.1) is 18.8 Å². The van der Waals surface area contributed by atoms with Crippen LogP contribution in [0.1, 0.15) is 31.9 Å². The van der Waals surface area contributed by atoms with Crippen molar-refractivity contribution in [2.45, 2.75) is 44.8 Å². The van der Waals surface area contributed by atoms with Gasteiger partial charge in [0.15, 0.2) is 6.61 Å². The van der Waals surface area contributed by atoms with Gasteiger partial charge in [0, 0.05) is 19.9 Å². The third kappa shape index (κ3) is 6.24. The van der Waals surface area contributed by atoms with E-state index < -0.39 is 19.0 Å². The molecule has 2 aromatic rings. The van der Waals surface area contributed by atoms with Crippen LogP contribution in [-0.2, 0) is 4.79 Å². The summed E-state index contributed by atoms with van der Waals surface area (Å²) < 4.78 is 61.1. The predicted octanol–water partition coefficient (Wildman–Crippen LogP) is 4.22. The number of aromatic nitrogens is 1. The molecule has 1 unspecified atom stereocenters. The first-order valence-electron chi connectivity index (χ1n) is 10.2. The first kappa shape index (κ1) is 23.6. The summed E-state index contributed by atoms with van der Waals surface area (Å²) in [4.78, 5) is 17.3. The summed E-state index contributed by atoms with van der Waals surface area (Å²) in [6.07, 6.45) is -1.84. The fourth-order valence-electron chi connectivity index (χ4n) is 3.34. The topological polar surface area (TPSA) is 63.7 Å². The molecule has 174 valence electrons. The van der Waals surface area contributed by atoms with E-state index in [1.54, 1.807) is 6.07 Å². The Morgan fingerprint density at radius 3 is 2.50 bits per heavy atom. The van der Waals surface area contributed by atoms with Crippen LogP contribution in [0.15, 0.2) is 42.6 Å². The Kier molecular flexibility index (Phi) is 7.42. The number of halogens is 4. The van der Waals surface area contributed by atoms with Crippen LogP contribution in [0.2, 0.25) is 0 Å². The number of amides is 1. The average molecular weight is 455 g/mol. The zero-order valence-corrected chi connectivity index (χ0v) is 17.7. The van der Waals surface area contributed by atoms with Crippen LogP contribution in [0.25, 0.3) is 0 Å². The molecule has 10 heteroatoms. The van der Waals surface area contributed by atoms with Crippen LogP contribution < -0.4 is 19.7 Å². The van der Waals surface area contributed by atoms with E-state index in [4.69, 9.17) is 9.47 Å². The minimum Gasteiger partial charge on any atom is -0.489 e. The molecule has 0 radical (unpaired) electrons. The SMILES string of the molecule is CC(=O)NC(C)c1ccc(O[C@@H]2CCN(c3ccc(OCC(F)(F)C(F)F)cn3)C2)cc1. The van der Waals surface area contributed by atoms with Gasteiger partial charge in [0.2, 0.25) is 5.91 Å². The van der Waals surface area contributed by atoms with E-state index in [9.17, 15) is 22.4 Å². The maximum Gasteiger partial charge on any atom is 0.340 e. The van der Waals surface area contributed by atoms with Crippen molar-refractivity contribution in [1.82, 2.24) is 10.3 Å². The average Bonchev–Trinajstić information content (AvgIpc) is 3.21. The molecule has 1 saturated heterocycles. The monoisotopic (exact) mass is 455 g/mol. The molecule has 1 aromatic heterocycles. The van der Waals surface area contributed by atoms with Gasteiger partial charge in [-0.3, -0.25) is 4.79 Å². The molecule has 1 aromatic carbocycles. The van der Waals surface area contributed by atoms with Crippen molar-refractivity contribution in [2.75, 3.05) is 24.6 Å². The lowest BCUT2D eigenvalue weighted by Gasteiger charge is -2.19. The normalized spacial score (nSPS) is 17.3. The maximum atomic E-state index is 13.0. The largest absolute Gasteiger partial charge is 0.489 e. The van der Waals surface area contributed by atoms with Gasteiger partial charge in [-0.25, -0.2) is 13.8 Å². The number of benzene rings is 1. The third-order valence-corrected chi connectivity index (χ3v) is 5.04. The molecule has 1 fully saturated rings. The van der Waals surface area contributed by atoms with Gasteiger partial charge >= 0.3 is 12.3 Å². The van der Waals surface area contributed by atoms with Crippen molar-refractivity contribution in [2.24, 2.45) is 0 Å². The van der Waals surface area contributed by atoms with E-state index in [2.05, 4.69) is 10.3 Å². The van der Waals surface area contributed by atoms with E-state index in [0.717, 1.165) is 12.0 Å². The number of carbonyl (C=O) groups is 1. The van der Waals surface area contributed by atoms with Crippen LogP contribution in [0.5, 0.6) is 11.5 Å². The van der Waals surface area contributed by atoms with Gasteiger partial charge in [-0.1, -0.05) is 12.1 Å². The molecule has 0 saturated carbocycles. The Hall–Kier alpha value is -3.04. The molecule has 0 bridgehead atoms. The van der Waals surface area contributed by atoms with Gasteiger partial charge in [-0.2, -0.15) is 8.78 Å². The van der Waals surface area contributed by atoms with Crippen LogP contribution in [0, 0.1) is 0 Å².